The van der Waals surface area contributed by atoms with Crippen LogP contribution in [0.5, 0.6) is 11.5 Å². The second kappa shape index (κ2) is 4.99. The summed E-state index contributed by atoms with van der Waals surface area (Å²) in [5.41, 5.74) is 1.03. The minimum absolute atomic E-state index is 0.240. The lowest BCUT2D eigenvalue weighted by molar-refractivity contribution is -0.136. The first-order valence-electron chi connectivity index (χ1n) is 5.73. The van der Waals surface area contributed by atoms with E-state index < -0.39 is 3.42 Å². The normalized spacial score (nSPS) is 14.3. The largest absolute Gasteiger partial charge is 0.490 e. The molecule has 0 radical (unpaired) electrons. The maximum absolute atomic E-state index is 12.1. The number of esters is 1. The van der Waals surface area contributed by atoms with Crippen molar-refractivity contribution in [1.82, 2.24) is 0 Å². The molecule has 2 bridgehead atoms. The molecule has 0 aliphatic heterocycles. The number of carbonyl (C=O) groups excluding carboxylic acids is 2. The Morgan fingerprint density at radius 1 is 1.53 bits per heavy atom. The molecular weight excluding hydrogens is 363 g/mol. The molecule has 2 aromatic rings. The minimum atomic E-state index is -0.617. The van der Waals surface area contributed by atoms with E-state index >= 15 is 0 Å². The highest BCUT2D eigenvalue weighted by Gasteiger charge is 2.33. The average Bonchev–Trinajstić information content (AvgIpc) is 2.95. The summed E-state index contributed by atoms with van der Waals surface area (Å²) in [6, 6.07) is 1.53. The number of methoxy groups -OCH3 is 1. The molecule has 0 amide bonds. The number of benzene rings is 1. The molecule has 1 unspecified atom stereocenters. The third-order valence-electron chi connectivity index (χ3n) is 3.01. The molecule has 0 saturated carbocycles. The SMILES string of the molecule is CCC(C)(I)C(=O)Oc1c(OC)c2oc1cc2C=O. The van der Waals surface area contributed by atoms with Crippen LogP contribution in [-0.2, 0) is 4.79 Å². The van der Waals surface area contributed by atoms with E-state index in [1.54, 1.807) is 6.92 Å². The van der Waals surface area contributed by atoms with Gasteiger partial charge < -0.3 is 13.9 Å². The summed E-state index contributed by atoms with van der Waals surface area (Å²) in [6.07, 6.45) is 1.32. The van der Waals surface area contributed by atoms with Crippen LogP contribution < -0.4 is 9.47 Å². The Hall–Kier alpha value is -1.31. The molecule has 19 heavy (non-hydrogen) atoms. The predicted octanol–water partition coefficient (Wildman–Crippen LogP) is 3.20. The van der Waals surface area contributed by atoms with Crippen LogP contribution in [0.25, 0.3) is 11.2 Å². The molecule has 1 atom stereocenters. The Bertz CT molecular complexity index is 613. The van der Waals surface area contributed by atoms with Gasteiger partial charge in [0.25, 0.3) is 0 Å². The number of alkyl halides is 1. The quantitative estimate of drug-likeness (QED) is 0.264. The van der Waals surface area contributed by atoms with Crippen molar-refractivity contribution in [2.24, 2.45) is 0 Å². The zero-order chi connectivity index (χ0) is 14.2. The predicted molar refractivity (Wildman–Crippen MR) is 77.7 cm³/mol. The number of carbonyl (C=O) groups is 2. The van der Waals surface area contributed by atoms with Crippen LogP contribution >= 0.6 is 22.6 Å². The number of fused-ring (bicyclic) bond motifs is 2. The van der Waals surface area contributed by atoms with Crippen molar-refractivity contribution < 1.29 is 23.5 Å². The Morgan fingerprint density at radius 2 is 2.21 bits per heavy atom. The number of aldehydes is 1. The Balaban J connectivity index is 2.37. The number of hydrogen-bond acceptors (Lipinski definition) is 5. The van der Waals surface area contributed by atoms with Crippen LogP contribution in [0.2, 0.25) is 0 Å². The van der Waals surface area contributed by atoms with E-state index in [4.69, 9.17) is 13.9 Å². The van der Waals surface area contributed by atoms with Crippen LogP contribution in [-0.4, -0.2) is 22.8 Å². The lowest BCUT2D eigenvalue weighted by atomic mass is 10.1. The van der Waals surface area contributed by atoms with Gasteiger partial charge in [0.15, 0.2) is 17.5 Å². The van der Waals surface area contributed by atoms with Gasteiger partial charge in [-0.15, -0.1) is 0 Å². The average molecular weight is 376 g/mol. The number of hydrogen-bond donors (Lipinski definition) is 0. The summed E-state index contributed by atoms with van der Waals surface area (Å²) in [6.45, 7) is 3.70. The van der Waals surface area contributed by atoms with Gasteiger partial charge in [-0.2, -0.15) is 0 Å². The first kappa shape index (κ1) is 14.1. The second-order valence-electron chi connectivity index (χ2n) is 4.32. The van der Waals surface area contributed by atoms with Crippen molar-refractivity contribution >= 4 is 46.0 Å². The highest BCUT2D eigenvalue weighted by Crippen LogP contribution is 2.45. The van der Waals surface area contributed by atoms with E-state index in [-0.39, 0.29) is 17.5 Å². The second-order valence-corrected chi connectivity index (χ2v) is 6.70. The zero-order valence-electron chi connectivity index (χ0n) is 10.8. The number of rotatable bonds is 5. The standard InChI is InChI=1S/C13H13IO5/c1-4-13(2,14)12(16)19-10-8-5-7(6-15)9(18-8)11(10)17-3/h5-6H,4H2,1-3H3. The van der Waals surface area contributed by atoms with Crippen molar-refractivity contribution in [2.45, 2.75) is 23.7 Å². The molecule has 0 saturated heterocycles. The van der Waals surface area contributed by atoms with Crippen LogP contribution in [0.3, 0.4) is 0 Å². The Labute approximate surface area is 123 Å². The first-order valence-corrected chi connectivity index (χ1v) is 6.81. The molecule has 0 aromatic carbocycles. The van der Waals surface area contributed by atoms with E-state index in [0.717, 1.165) is 0 Å². The molecule has 2 aromatic heterocycles. The van der Waals surface area contributed by atoms with Gasteiger partial charge in [0.2, 0.25) is 11.5 Å². The number of halogens is 1. The summed E-state index contributed by atoms with van der Waals surface area (Å²) in [7, 11) is 1.44. The lowest BCUT2D eigenvalue weighted by Crippen LogP contribution is -2.31. The highest BCUT2D eigenvalue weighted by molar-refractivity contribution is 14.1. The monoisotopic (exact) mass is 376 g/mol. The molecule has 0 aliphatic carbocycles. The number of ether oxygens (including phenoxy) is 2. The van der Waals surface area contributed by atoms with Crippen molar-refractivity contribution in [3.05, 3.63) is 11.6 Å². The van der Waals surface area contributed by atoms with Crippen molar-refractivity contribution in [3.63, 3.8) is 0 Å². The maximum atomic E-state index is 12.1. The van der Waals surface area contributed by atoms with Crippen molar-refractivity contribution in [2.75, 3.05) is 7.11 Å². The lowest BCUT2D eigenvalue weighted by Gasteiger charge is -2.18. The van der Waals surface area contributed by atoms with Gasteiger partial charge in [-0.25, -0.2) is 0 Å². The summed E-state index contributed by atoms with van der Waals surface area (Å²) in [5.74, 6) is 0.158. The topological polar surface area (TPSA) is 65.7 Å². The van der Waals surface area contributed by atoms with Gasteiger partial charge in [-0.1, -0.05) is 29.5 Å². The van der Waals surface area contributed by atoms with Crippen LogP contribution in [0.1, 0.15) is 30.6 Å². The molecule has 0 N–H and O–H groups in total. The summed E-state index contributed by atoms with van der Waals surface area (Å²) in [4.78, 5) is 22.9. The van der Waals surface area contributed by atoms with Crippen LogP contribution in [0, 0.1) is 0 Å². The Morgan fingerprint density at radius 3 is 2.74 bits per heavy atom. The third-order valence-corrected chi connectivity index (χ3v) is 4.22. The van der Waals surface area contributed by atoms with Gasteiger partial charge in [-0.05, 0) is 19.4 Å². The van der Waals surface area contributed by atoms with E-state index in [2.05, 4.69) is 0 Å². The van der Waals surface area contributed by atoms with Gasteiger partial charge >= 0.3 is 5.97 Å². The zero-order valence-corrected chi connectivity index (χ0v) is 12.9. The van der Waals surface area contributed by atoms with E-state index in [1.807, 2.05) is 29.5 Å². The van der Waals surface area contributed by atoms with Gasteiger partial charge in [0.05, 0.1) is 12.7 Å². The van der Waals surface area contributed by atoms with Gasteiger partial charge in [-0.3, -0.25) is 9.59 Å². The minimum Gasteiger partial charge on any atom is -0.490 e. The van der Waals surface area contributed by atoms with Crippen molar-refractivity contribution in [3.8, 4) is 11.5 Å². The molecular formula is C13H13IO5. The first-order chi connectivity index (χ1) is 8.94. The van der Waals surface area contributed by atoms with E-state index in [1.165, 1.54) is 13.2 Å². The van der Waals surface area contributed by atoms with Gasteiger partial charge in [0.1, 0.15) is 3.42 Å². The summed E-state index contributed by atoms with van der Waals surface area (Å²) in [5, 5.41) is 0. The molecule has 6 heteroatoms. The molecule has 2 heterocycles. The van der Waals surface area contributed by atoms with E-state index in [9.17, 15) is 9.59 Å². The fourth-order valence-electron chi connectivity index (χ4n) is 1.62. The van der Waals surface area contributed by atoms with Gasteiger partial charge in [0, 0.05) is 0 Å². The fraction of sp³-hybridized carbons (Fsp3) is 0.385. The third kappa shape index (κ3) is 2.29. The molecule has 0 fully saturated rings. The number of furan rings is 2. The van der Waals surface area contributed by atoms with E-state index in [0.29, 0.717) is 29.4 Å². The molecule has 5 nitrogen and oxygen atoms in total. The molecule has 102 valence electrons. The maximum Gasteiger partial charge on any atom is 0.327 e. The smallest absolute Gasteiger partial charge is 0.327 e. The Kier molecular flexibility index (Phi) is 3.71. The van der Waals surface area contributed by atoms with Crippen LogP contribution in [0.4, 0.5) is 0 Å². The molecule has 0 spiro atoms. The van der Waals surface area contributed by atoms with Crippen molar-refractivity contribution in [1.29, 1.82) is 0 Å². The highest BCUT2D eigenvalue weighted by atomic mass is 127. The molecule has 2 rings (SSSR count). The fourth-order valence-corrected chi connectivity index (χ4v) is 1.73. The summed E-state index contributed by atoms with van der Waals surface area (Å²) >= 11 is 2.05. The summed E-state index contributed by atoms with van der Waals surface area (Å²) < 4.78 is 15.3. The molecule has 0 aliphatic rings. The van der Waals surface area contributed by atoms with Crippen LogP contribution in [0.15, 0.2) is 10.5 Å².